The minimum atomic E-state index is -4.55. The van der Waals surface area contributed by atoms with E-state index >= 15 is 0 Å². The van der Waals surface area contributed by atoms with Crippen molar-refractivity contribution in [2.45, 2.75) is 69.4 Å². The number of benzene rings is 1. The topological polar surface area (TPSA) is 106 Å². The Hall–Kier alpha value is -2.82. The Balaban J connectivity index is 1.50. The maximum Gasteiger partial charge on any atom is 0.425 e. The lowest BCUT2D eigenvalue weighted by molar-refractivity contribution is -0.201. The van der Waals surface area contributed by atoms with E-state index < -0.39 is 36.2 Å². The summed E-state index contributed by atoms with van der Waals surface area (Å²) in [6, 6.07) is 5.20. The molecule has 1 aliphatic carbocycles. The fourth-order valence-electron chi connectivity index (χ4n) is 5.09. The molecular formula is C24H31F3N4O4. The van der Waals surface area contributed by atoms with E-state index in [9.17, 15) is 22.8 Å². The van der Waals surface area contributed by atoms with E-state index in [0.29, 0.717) is 25.0 Å². The van der Waals surface area contributed by atoms with Gasteiger partial charge >= 0.3 is 6.18 Å². The van der Waals surface area contributed by atoms with Crippen LogP contribution in [0.3, 0.4) is 0 Å². The predicted molar refractivity (Wildman–Crippen MR) is 121 cm³/mol. The number of nitrogens with zero attached hydrogens (tertiary/aromatic N) is 2. The molecule has 2 aliphatic heterocycles. The highest BCUT2D eigenvalue weighted by Crippen LogP contribution is 2.47. The first-order valence-corrected chi connectivity index (χ1v) is 11.7. The Labute approximate surface area is 202 Å². The van der Waals surface area contributed by atoms with Crippen LogP contribution in [-0.4, -0.2) is 60.3 Å². The molecule has 0 radical (unpaired) electrons. The highest BCUT2D eigenvalue weighted by atomic mass is 19.4. The highest BCUT2D eigenvalue weighted by molar-refractivity contribution is 5.99. The Kier molecular flexibility index (Phi) is 6.74. The van der Waals surface area contributed by atoms with Crippen molar-refractivity contribution in [3.05, 3.63) is 29.8 Å². The largest absolute Gasteiger partial charge is 0.480 e. The summed E-state index contributed by atoms with van der Waals surface area (Å²) in [6.07, 6.45) is -5.81. The Bertz CT molecular complexity index is 1010. The first-order chi connectivity index (χ1) is 16.4. The number of guanidine groups is 1. The first kappa shape index (κ1) is 25.3. The molecule has 1 saturated carbocycles. The average molecular weight is 497 g/mol. The summed E-state index contributed by atoms with van der Waals surface area (Å²) in [5.41, 5.74) is 6.07. The molecule has 0 unspecified atom stereocenters. The van der Waals surface area contributed by atoms with Gasteiger partial charge in [-0.05, 0) is 38.7 Å². The number of hydrogen-bond donors (Lipinski definition) is 2. The lowest BCUT2D eigenvalue weighted by atomic mass is 9.95. The third-order valence-electron chi connectivity index (χ3n) is 6.83. The van der Waals surface area contributed by atoms with E-state index in [1.54, 1.807) is 25.3 Å². The molecule has 1 aromatic rings. The second-order valence-electron chi connectivity index (χ2n) is 10.1. The van der Waals surface area contributed by atoms with Crippen LogP contribution in [0.5, 0.6) is 5.75 Å². The first-order valence-electron chi connectivity index (χ1n) is 11.7. The summed E-state index contributed by atoms with van der Waals surface area (Å²) in [6.45, 7) is 4.01. The molecule has 192 valence electrons. The van der Waals surface area contributed by atoms with Gasteiger partial charge in [-0.1, -0.05) is 18.2 Å². The molecular weight excluding hydrogens is 465 g/mol. The van der Waals surface area contributed by atoms with Crippen LogP contribution in [-0.2, 0) is 14.3 Å². The summed E-state index contributed by atoms with van der Waals surface area (Å²) in [5, 5.41) is 2.80. The normalized spacial score (nSPS) is 28.5. The number of rotatable bonds is 7. The van der Waals surface area contributed by atoms with Gasteiger partial charge in [-0.2, -0.15) is 13.2 Å². The van der Waals surface area contributed by atoms with Crippen LogP contribution in [0.25, 0.3) is 0 Å². The van der Waals surface area contributed by atoms with Gasteiger partial charge in [0.05, 0.1) is 18.0 Å². The summed E-state index contributed by atoms with van der Waals surface area (Å²) < 4.78 is 50.6. The zero-order valence-corrected chi connectivity index (χ0v) is 20.0. The maximum atomic E-state index is 13.4. The number of fused-ring (bicyclic) bond motifs is 1. The second-order valence-corrected chi connectivity index (χ2v) is 10.1. The number of amides is 2. The van der Waals surface area contributed by atoms with Crippen molar-refractivity contribution in [3.63, 3.8) is 0 Å². The molecule has 3 aliphatic rings. The summed E-state index contributed by atoms with van der Waals surface area (Å²) in [4.78, 5) is 32.0. The third kappa shape index (κ3) is 5.39. The Morgan fingerprint density at radius 2 is 2.06 bits per heavy atom. The van der Waals surface area contributed by atoms with Gasteiger partial charge in [0.15, 0.2) is 12.1 Å². The van der Waals surface area contributed by atoms with Crippen molar-refractivity contribution in [1.29, 1.82) is 0 Å². The van der Waals surface area contributed by atoms with Crippen molar-refractivity contribution in [3.8, 4) is 5.75 Å². The van der Waals surface area contributed by atoms with Crippen molar-refractivity contribution in [1.82, 2.24) is 10.2 Å². The SMILES string of the molecule is COCC[C@H]([C@@H]1C[C@H]1C(=O)N[C@H]1C[C@H](C(F)(F)F)Oc2ccccc21)N1C(=O)CC(C)(C)N=C1N. The predicted octanol–water partition coefficient (Wildman–Crippen LogP) is 2.92. The van der Waals surface area contributed by atoms with Crippen LogP contribution < -0.4 is 15.8 Å². The molecule has 2 amide bonds. The van der Waals surface area contributed by atoms with Crippen LogP contribution in [0.2, 0.25) is 0 Å². The van der Waals surface area contributed by atoms with Crippen LogP contribution in [0.4, 0.5) is 13.2 Å². The van der Waals surface area contributed by atoms with Crippen LogP contribution >= 0.6 is 0 Å². The van der Waals surface area contributed by atoms with E-state index in [1.807, 2.05) is 13.8 Å². The van der Waals surface area contributed by atoms with Crippen molar-refractivity contribution >= 4 is 17.8 Å². The number of nitrogens with two attached hydrogens (primary N) is 1. The number of para-hydroxylation sites is 1. The molecule has 1 fully saturated rings. The van der Waals surface area contributed by atoms with Gasteiger partial charge in [0.1, 0.15) is 5.75 Å². The van der Waals surface area contributed by atoms with Crippen molar-refractivity contribution in [2.24, 2.45) is 22.6 Å². The van der Waals surface area contributed by atoms with Crippen LogP contribution in [0.1, 0.15) is 51.1 Å². The summed E-state index contributed by atoms with van der Waals surface area (Å²) in [7, 11) is 1.55. The van der Waals surface area contributed by atoms with Gasteiger partial charge in [-0.3, -0.25) is 14.5 Å². The highest BCUT2D eigenvalue weighted by Gasteiger charge is 2.53. The van der Waals surface area contributed by atoms with E-state index in [4.69, 9.17) is 15.2 Å². The van der Waals surface area contributed by atoms with Crippen molar-refractivity contribution < 1.29 is 32.2 Å². The lowest BCUT2D eigenvalue weighted by Gasteiger charge is -2.38. The lowest BCUT2D eigenvalue weighted by Crippen LogP contribution is -2.55. The van der Waals surface area contributed by atoms with E-state index in [-0.39, 0.29) is 41.9 Å². The van der Waals surface area contributed by atoms with Gasteiger partial charge in [-0.25, -0.2) is 4.99 Å². The van der Waals surface area contributed by atoms with Crippen LogP contribution in [0, 0.1) is 11.8 Å². The number of nitrogens with one attached hydrogen (secondary N) is 1. The molecule has 0 aromatic heterocycles. The summed E-state index contributed by atoms with van der Waals surface area (Å²) in [5.74, 6) is -0.933. The molecule has 1 aromatic carbocycles. The minimum absolute atomic E-state index is 0.113. The van der Waals surface area contributed by atoms with Crippen LogP contribution in [0.15, 0.2) is 29.3 Å². The maximum absolute atomic E-state index is 13.4. The zero-order chi connectivity index (χ0) is 25.5. The zero-order valence-electron chi connectivity index (χ0n) is 20.0. The molecule has 35 heavy (non-hydrogen) atoms. The molecule has 2 heterocycles. The van der Waals surface area contributed by atoms with Gasteiger partial charge in [0.25, 0.3) is 0 Å². The molecule has 0 spiro atoms. The third-order valence-corrected chi connectivity index (χ3v) is 6.83. The fourth-order valence-corrected chi connectivity index (χ4v) is 5.09. The number of alkyl halides is 3. The summed E-state index contributed by atoms with van der Waals surface area (Å²) >= 11 is 0. The van der Waals surface area contributed by atoms with Gasteiger partial charge in [0.2, 0.25) is 11.8 Å². The van der Waals surface area contributed by atoms with Crippen molar-refractivity contribution in [2.75, 3.05) is 13.7 Å². The fraction of sp³-hybridized carbons (Fsp3) is 0.625. The number of halogens is 3. The molecule has 3 N–H and O–H groups in total. The monoisotopic (exact) mass is 496 g/mol. The van der Waals surface area contributed by atoms with Gasteiger partial charge in [0, 0.05) is 37.7 Å². The average Bonchev–Trinajstić information content (AvgIpc) is 3.55. The molecule has 11 heteroatoms. The molecule has 5 atom stereocenters. The Morgan fingerprint density at radius 1 is 1.34 bits per heavy atom. The number of methoxy groups -OCH3 is 1. The van der Waals surface area contributed by atoms with Gasteiger partial charge < -0.3 is 20.5 Å². The number of hydrogen-bond acceptors (Lipinski definition) is 6. The number of aliphatic imine (C=N–C) groups is 1. The molecule has 4 rings (SSSR count). The Morgan fingerprint density at radius 3 is 2.71 bits per heavy atom. The van der Waals surface area contributed by atoms with E-state index in [0.717, 1.165) is 0 Å². The van der Waals surface area contributed by atoms with E-state index in [1.165, 1.54) is 11.0 Å². The quantitative estimate of drug-likeness (QED) is 0.604. The molecule has 0 bridgehead atoms. The smallest absolute Gasteiger partial charge is 0.425 e. The molecule has 8 nitrogen and oxygen atoms in total. The minimum Gasteiger partial charge on any atom is -0.480 e. The standard InChI is InChI=1S/C24H31F3N4O4/c1-23(2)12-20(32)31(22(28)30-23)17(8-9-34-3)14-10-15(14)21(33)29-16-11-19(24(25,26)27)35-18-7-5-4-6-13(16)18/h4-7,14-17,19H,8-12H2,1-3H3,(H2,28,30)(H,29,33)/t14-,15-,16+,17-,19-/m1/s1. The van der Waals surface area contributed by atoms with Gasteiger partial charge in [-0.15, -0.1) is 0 Å². The number of ether oxygens (including phenoxy) is 2. The number of carbonyl (C=O) groups is 2. The molecule has 0 saturated heterocycles. The second kappa shape index (κ2) is 9.33. The van der Waals surface area contributed by atoms with E-state index in [2.05, 4.69) is 10.3 Å². The number of carbonyl (C=O) groups excluding carboxylic acids is 2.